The van der Waals surface area contributed by atoms with Crippen LogP contribution in [0, 0.1) is 13.8 Å². The van der Waals surface area contributed by atoms with Crippen LogP contribution in [0.25, 0.3) is 28.2 Å². The van der Waals surface area contributed by atoms with E-state index in [1.54, 1.807) is 21.8 Å². The molecular formula is C20H20N6O. The molecule has 0 radical (unpaired) electrons. The highest BCUT2D eigenvalue weighted by Gasteiger charge is 2.25. The summed E-state index contributed by atoms with van der Waals surface area (Å²) in [6.07, 6.45) is 5.99. The highest BCUT2D eigenvalue weighted by molar-refractivity contribution is 5.75. The molecule has 0 atom stereocenters. The molecular weight excluding hydrogens is 340 g/mol. The molecule has 1 aromatic carbocycles. The third kappa shape index (κ3) is 2.58. The van der Waals surface area contributed by atoms with Gasteiger partial charge in [-0.15, -0.1) is 5.10 Å². The predicted molar refractivity (Wildman–Crippen MR) is 103 cm³/mol. The van der Waals surface area contributed by atoms with Crippen molar-refractivity contribution in [1.82, 2.24) is 29.5 Å². The lowest BCUT2D eigenvalue weighted by Crippen LogP contribution is -2.10. The number of aromatic amines is 1. The highest BCUT2D eigenvalue weighted by Crippen LogP contribution is 2.41. The summed E-state index contributed by atoms with van der Waals surface area (Å²) < 4.78 is 3.45. The van der Waals surface area contributed by atoms with Crippen LogP contribution in [-0.4, -0.2) is 29.5 Å². The van der Waals surface area contributed by atoms with Crippen LogP contribution in [0.15, 0.2) is 35.4 Å². The summed E-state index contributed by atoms with van der Waals surface area (Å²) in [6, 6.07) is 6.29. The second-order valence-corrected chi connectivity index (χ2v) is 7.34. The lowest BCUT2D eigenvalue weighted by Gasteiger charge is -2.12. The van der Waals surface area contributed by atoms with Crippen molar-refractivity contribution >= 4 is 11.0 Å². The minimum Gasteiger partial charge on any atom is -0.305 e. The normalized spacial score (nSPS) is 14.2. The van der Waals surface area contributed by atoms with Crippen molar-refractivity contribution < 1.29 is 0 Å². The van der Waals surface area contributed by atoms with Gasteiger partial charge in [0, 0.05) is 19.4 Å². The van der Waals surface area contributed by atoms with E-state index in [0.717, 1.165) is 22.5 Å². The Bertz CT molecular complexity index is 1220. The van der Waals surface area contributed by atoms with E-state index >= 15 is 0 Å². The standard InChI is InChI=1S/C20H20N6O/c1-11-8-14(13-4-5-13)9-12(2)17(11)26-10-15-18(24-26)22-19(23-20(15)27)16-6-7-21-25(16)3/h6-10,13H,4-5H2,1-3H3,(H,22,23,24,27). The number of nitrogens with one attached hydrogen (secondary N) is 1. The third-order valence-electron chi connectivity index (χ3n) is 5.24. The Balaban J connectivity index is 1.66. The molecule has 0 saturated heterocycles. The summed E-state index contributed by atoms with van der Waals surface area (Å²) in [5.74, 6) is 1.18. The van der Waals surface area contributed by atoms with Gasteiger partial charge in [0.05, 0.1) is 5.69 Å². The summed E-state index contributed by atoms with van der Waals surface area (Å²) in [7, 11) is 1.81. The third-order valence-corrected chi connectivity index (χ3v) is 5.24. The summed E-state index contributed by atoms with van der Waals surface area (Å²) in [4.78, 5) is 20.0. The van der Waals surface area contributed by atoms with E-state index < -0.39 is 0 Å². The molecule has 3 heterocycles. The zero-order valence-electron chi connectivity index (χ0n) is 15.5. The van der Waals surface area contributed by atoms with E-state index in [2.05, 4.69) is 46.1 Å². The van der Waals surface area contributed by atoms with Crippen molar-refractivity contribution in [2.45, 2.75) is 32.6 Å². The van der Waals surface area contributed by atoms with Crippen LogP contribution in [0.1, 0.15) is 35.4 Å². The largest absolute Gasteiger partial charge is 0.305 e. The Morgan fingerprint density at radius 2 is 1.93 bits per heavy atom. The van der Waals surface area contributed by atoms with Gasteiger partial charge in [0.25, 0.3) is 5.56 Å². The van der Waals surface area contributed by atoms with E-state index in [1.807, 2.05) is 13.1 Å². The lowest BCUT2D eigenvalue weighted by atomic mass is 10.0. The zero-order chi connectivity index (χ0) is 18.7. The Labute approximate surface area is 155 Å². The Morgan fingerprint density at radius 1 is 1.19 bits per heavy atom. The number of fused-ring (bicyclic) bond motifs is 1. The Morgan fingerprint density at radius 3 is 2.56 bits per heavy atom. The first-order valence-corrected chi connectivity index (χ1v) is 9.11. The number of benzene rings is 1. The molecule has 0 unspecified atom stereocenters. The molecule has 5 rings (SSSR count). The average molecular weight is 360 g/mol. The fourth-order valence-corrected chi connectivity index (χ4v) is 3.76. The average Bonchev–Trinajstić information content (AvgIpc) is 3.25. The van der Waals surface area contributed by atoms with Crippen LogP contribution in [0.3, 0.4) is 0 Å². The molecule has 1 fully saturated rings. The van der Waals surface area contributed by atoms with E-state index in [0.29, 0.717) is 22.8 Å². The van der Waals surface area contributed by atoms with E-state index in [1.165, 1.54) is 18.4 Å². The predicted octanol–water partition coefficient (Wildman–Crippen LogP) is 3.00. The molecule has 7 nitrogen and oxygen atoms in total. The van der Waals surface area contributed by atoms with Gasteiger partial charge in [-0.3, -0.25) is 9.48 Å². The molecule has 136 valence electrons. The molecule has 4 aromatic rings. The van der Waals surface area contributed by atoms with Gasteiger partial charge in [0.2, 0.25) is 0 Å². The van der Waals surface area contributed by atoms with E-state index in [9.17, 15) is 4.79 Å². The number of aromatic nitrogens is 6. The topological polar surface area (TPSA) is 81.4 Å². The maximum Gasteiger partial charge on any atom is 0.262 e. The summed E-state index contributed by atoms with van der Waals surface area (Å²) in [6.45, 7) is 4.19. The van der Waals surface area contributed by atoms with Gasteiger partial charge in [0.15, 0.2) is 11.5 Å². The minimum absolute atomic E-state index is 0.202. The van der Waals surface area contributed by atoms with Gasteiger partial charge < -0.3 is 4.98 Å². The fraction of sp³-hybridized carbons (Fsp3) is 0.300. The zero-order valence-corrected chi connectivity index (χ0v) is 15.5. The SMILES string of the molecule is Cc1cc(C2CC2)cc(C)c1-n1cc2c(=O)[nH]c(-c3ccnn3C)nc2n1. The molecule has 1 aliphatic carbocycles. The fourth-order valence-electron chi connectivity index (χ4n) is 3.76. The van der Waals surface area contributed by atoms with Crippen molar-refractivity contribution in [2.75, 3.05) is 0 Å². The number of hydrogen-bond donors (Lipinski definition) is 1. The maximum absolute atomic E-state index is 12.6. The second kappa shape index (κ2) is 5.64. The summed E-state index contributed by atoms with van der Waals surface area (Å²) in [5.41, 5.74) is 5.71. The molecule has 0 spiro atoms. The Hall–Kier alpha value is -3.22. The van der Waals surface area contributed by atoms with E-state index in [4.69, 9.17) is 0 Å². The number of rotatable bonds is 3. The molecule has 7 heteroatoms. The van der Waals surface area contributed by atoms with Crippen LogP contribution in [0.4, 0.5) is 0 Å². The molecule has 27 heavy (non-hydrogen) atoms. The highest BCUT2D eigenvalue weighted by atomic mass is 16.1. The van der Waals surface area contributed by atoms with Crippen molar-refractivity contribution in [3.63, 3.8) is 0 Å². The number of hydrogen-bond acceptors (Lipinski definition) is 4. The van der Waals surface area contributed by atoms with Crippen molar-refractivity contribution in [3.8, 4) is 17.2 Å². The van der Waals surface area contributed by atoms with Crippen molar-refractivity contribution in [3.05, 3.63) is 57.6 Å². The van der Waals surface area contributed by atoms with Crippen LogP contribution >= 0.6 is 0 Å². The molecule has 0 aliphatic heterocycles. The second-order valence-electron chi connectivity index (χ2n) is 7.34. The monoisotopic (exact) mass is 360 g/mol. The lowest BCUT2D eigenvalue weighted by molar-refractivity contribution is 0.769. The number of nitrogens with zero attached hydrogens (tertiary/aromatic N) is 5. The first kappa shape index (κ1) is 16.0. The van der Waals surface area contributed by atoms with Gasteiger partial charge in [-0.05, 0) is 55.4 Å². The first-order valence-electron chi connectivity index (χ1n) is 9.11. The van der Waals surface area contributed by atoms with Crippen molar-refractivity contribution in [1.29, 1.82) is 0 Å². The van der Waals surface area contributed by atoms with Gasteiger partial charge in [-0.2, -0.15) is 5.10 Å². The Kier molecular flexibility index (Phi) is 3.34. The number of H-pyrrole nitrogens is 1. The van der Waals surface area contributed by atoms with Crippen LogP contribution in [-0.2, 0) is 7.05 Å². The maximum atomic E-state index is 12.6. The van der Waals surface area contributed by atoms with Gasteiger partial charge in [-0.1, -0.05) is 12.1 Å². The van der Waals surface area contributed by atoms with Gasteiger partial charge >= 0.3 is 0 Å². The van der Waals surface area contributed by atoms with Crippen LogP contribution < -0.4 is 5.56 Å². The quantitative estimate of drug-likeness (QED) is 0.609. The van der Waals surface area contributed by atoms with Crippen LogP contribution in [0.5, 0.6) is 0 Å². The molecule has 0 bridgehead atoms. The summed E-state index contributed by atoms with van der Waals surface area (Å²) in [5, 5.41) is 9.22. The molecule has 0 amide bonds. The van der Waals surface area contributed by atoms with E-state index in [-0.39, 0.29) is 5.56 Å². The molecule has 1 saturated carbocycles. The molecule has 3 aromatic heterocycles. The van der Waals surface area contributed by atoms with Gasteiger partial charge in [0.1, 0.15) is 11.1 Å². The summed E-state index contributed by atoms with van der Waals surface area (Å²) >= 11 is 0. The minimum atomic E-state index is -0.202. The molecule has 1 aliphatic rings. The smallest absolute Gasteiger partial charge is 0.262 e. The van der Waals surface area contributed by atoms with Crippen LogP contribution in [0.2, 0.25) is 0 Å². The van der Waals surface area contributed by atoms with Crippen molar-refractivity contribution in [2.24, 2.45) is 7.05 Å². The number of aryl methyl sites for hydroxylation is 3. The first-order chi connectivity index (χ1) is 13.0. The molecule has 1 N–H and O–H groups in total. The van der Waals surface area contributed by atoms with Gasteiger partial charge in [-0.25, -0.2) is 9.67 Å².